The van der Waals surface area contributed by atoms with Crippen LogP contribution in [-0.2, 0) is 4.79 Å². The van der Waals surface area contributed by atoms with E-state index in [4.69, 9.17) is 15.6 Å². The Morgan fingerprint density at radius 2 is 1.86 bits per heavy atom. The fourth-order valence-electron chi connectivity index (χ4n) is 4.54. The lowest BCUT2D eigenvalue weighted by Gasteiger charge is -2.33. The first-order chi connectivity index (χ1) is 13.8. The molecule has 1 aromatic carbocycles. The summed E-state index contributed by atoms with van der Waals surface area (Å²) in [7, 11) is 0. The van der Waals surface area contributed by atoms with Crippen LogP contribution in [0.1, 0.15) is 68.6 Å². The number of nitrogen functional groups attached to an aromatic ring is 1. The molecule has 1 saturated carbocycles. The van der Waals surface area contributed by atoms with Gasteiger partial charge in [0.25, 0.3) is 0 Å². The number of aliphatic carboxylic acids is 1. The Kier molecular flexibility index (Phi) is 5.03. The number of carbonyl (C=O) groups is 1. The van der Waals surface area contributed by atoms with Crippen molar-refractivity contribution in [1.82, 2.24) is 9.97 Å². The number of nitrogens with two attached hydrogens (primary N) is 1. The molecule has 6 heteroatoms. The molecule has 1 fully saturated rings. The van der Waals surface area contributed by atoms with Crippen LogP contribution in [0.4, 0.5) is 5.82 Å². The summed E-state index contributed by atoms with van der Waals surface area (Å²) in [5.41, 5.74) is 9.68. The molecule has 152 valence electrons. The maximum atomic E-state index is 10.9. The quantitative estimate of drug-likeness (QED) is 0.792. The van der Waals surface area contributed by atoms with Crippen molar-refractivity contribution in [3.05, 3.63) is 47.3 Å². The third-order valence-electron chi connectivity index (χ3n) is 6.17. The fraction of sp³-hybridized carbons (Fsp3) is 0.435. The van der Waals surface area contributed by atoms with E-state index < -0.39 is 11.6 Å². The Morgan fingerprint density at radius 3 is 2.52 bits per heavy atom. The zero-order chi connectivity index (χ0) is 20.6. The molecule has 0 atom stereocenters. The number of rotatable bonds is 4. The molecule has 29 heavy (non-hydrogen) atoms. The van der Waals surface area contributed by atoms with Crippen LogP contribution in [0.5, 0.6) is 5.88 Å². The molecule has 1 aliphatic carbocycles. The summed E-state index contributed by atoms with van der Waals surface area (Å²) in [6.45, 7) is 4.05. The first-order valence-electron chi connectivity index (χ1n) is 10.2. The molecule has 0 unspecified atom stereocenters. The van der Waals surface area contributed by atoms with Crippen LogP contribution in [0, 0.1) is 5.92 Å². The summed E-state index contributed by atoms with van der Waals surface area (Å²) < 4.78 is 6.11. The van der Waals surface area contributed by atoms with Crippen molar-refractivity contribution >= 4 is 23.4 Å². The van der Waals surface area contributed by atoms with E-state index in [0.29, 0.717) is 30.0 Å². The van der Waals surface area contributed by atoms with E-state index in [2.05, 4.69) is 34.2 Å². The van der Waals surface area contributed by atoms with Gasteiger partial charge < -0.3 is 15.6 Å². The molecule has 0 radical (unpaired) electrons. The van der Waals surface area contributed by atoms with Gasteiger partial charge in [0.05, 0.1) is 5.56 Å². The second-order valence-corrected chi connectivity index (χ2v) is 8.59. The van der Waals surface area contributed by atoms with Crippen LogP contribution >= 0.6 is 0 Å². The highest BCUT2D eigenvalue weighted by Gasteiger charge is 2.33. The maximum absolute atomic E-state index is 10.9. The van der Waals surface area contributed by atoms with Crippen molar-refractivity contribution in [2.75, 3.05) is 5.73 Å². The van der Waals surface area contributed by atoms with Crippen LogP contribution < -0.4 is 10.5 Å². The minimum atomic E-state index is -0.684. The fourth-order valence-corrected chi connectivity index (χ4v) is 4.54. The second kappa shape index (κ2) is 7.50. The van der Waals surface area contributed by atoms with Gasteiger partial charge >= 0.3 is 5.97 Å². The van der Waals surface area contributed by atoms with E-state index in [1.165, 1.54) is 11.9 Å². The SMILES string of the molecule is CC1(C)Oc2ncnc(N)c2C=C1c1ccc([C@H]2CC[C@H](CC(=O)O)CC2)cc1. The molecular weight excluding hydrogens is 366 g/mol. The lowest BCUT2D eigenvalue weighted by Crippen LogP contribution is -2.33. The maximum Gasteiger partial charge on any atom is 0.303 e. The monoisotopic (exact) mass is 393 g/mol. The molecule has 0 saturated heterocycles. The summed E-state index contributed by atoms with van der Waals surface area (Å²) in [6, 6.07) is 8.66. The van der Waals surface area contributed by atoms with Crippen molar-refractivity contribution in [2.45, 2.75) is 57.5 Å². The van der Waals surface area contributed by atoms with Gasteiger partial charge in [-0.15, -0.1) is 0 Å². The van der Waals surface area contributed by atoms with E-state index in [-0.39, 0.29) is 0 Å². The third-order valence-corrected chi connectivity index (χ3v) is 6.17. The average Bonchev–Trinajstić information content (AvgIpc) is 2.67. The topological polar surface area (TPSA) is 98.3 Å². The van der Waals surface area contributed by atoms with Gasteiger partial charge in [-0.25, -0.2) is 9.97 Å². The summed E-state index contributed by atoms with van der Waals surface area (Å²) in [5, 5.41) is 8.99. The van der Waals surface area contributed by atoms with Crippen LogP contribution in [0.15, 0.2) is 30.6 Å². The predicted molar refractivity (Wildman–Crippen MR) is 112 cm³/mol. The average molecular weight is 393 g/mol. The Hall–Kier alpha value is -2.89. The molecule has 0 bridgehead atoms. The minimum absolute atomic E-state index is 0.295. The molecule has 1 aromatic heterocycles. The number of anilines is 1. The lowest BCUT2D eigenvalue weighted by molar-refractivity contribution is -0.138. The Morgan fingerprint density at radius 1 is 1.17 bits per heavy atom. The third kappa shape index (κ3) is 3.97. The van der Waals surface area contributed by atoms with E-state index in [1.807, 2.05) is 19.9 Å². The number of ether oxygens (including phenoxy) is 1. The van der Waals surface area contributed by atoms with E-state index in [0.717, 1.165) is 42.4 Å². The number of nitrogens with zero attached hydrogens (tertiary/aromatic N) is 2. The van der Waals surface area contributed by atoms with Crippen molar-refractivity contribution in [2.24, 2.45) is 5.92 Å². The Balaban J connectivity index is 1.54. The van der Waals surface area contributed by atoms with Gasteiger partial charge in [-0.1, -0.05) is 24.3 Å². The van der Waals surface area contributed by atoms with Gasteiger partial charge in [0.1, 0.15) is 17.7 Å². The van der Waals surface area contributed by atoms with Gasteiger partial charge in [0.2, 0.25) is 5.88 Å². The number of aromatic nitrogens is 2. The number of carboxylic acids is 1. The number of benzene rings is 1. The van der Waals surface area contributed by atoms with Gasteiger partial charge in [0.15, 0.2) is 0 Å². The zero-order valence-corrected chi connectivity index (χ0v) is 16.9. The zero-order valence-electron chi connectivity index (χ0n) is 16.9. The molecule has 0 amide bonds. The van der Waals surface area contributed by atoms with Crippen molar-refractivity contribution < 1.29 is 14.6 Å². The van der Waals surface area contributed by atoms with Crippen LogP contribution in [0.25, 0.3) is 11.6 Å². The Bertz CT molecular complexity index is 942. The standard InChI is InChI=1S/C23H27N3O3/c1-23(2)19(12-18-21(24)25-13-26-22(18)29-23)17-9-7-16(8-10-17)15-5-3-14(4-6-15)11-20(27)28/h7-10,12-15H,3-6,11H2,1-2H3,(H,27,28)(H2,24,25,26)/t14-,15-. The van der Waals surface area contributed by atoms with Crippen molar-refractivity contribution in [3.8, 4) is 5.88 Å². The highest BCUT2D eigenvalue weighted by atomic mass is 16.5. The predicted octanol–water partition coefficient (Wildman–Crippen LogP) is 4.52. The highest BCUT2D eigenvalue weighted by molar-refractivity contribution is 5.91. The molecule has 0 spiro atoms. The van der Waals surface area contributed by atoms with Crippen molar-refractivity contribution in [3.63, 3.8) is 0 Å². The van der Waals surface area contributed by atoms with Gasteiger partial charge in [-0.2, -0.15) is 0 Å². The van der Waals surface area contributed by atoms with Gasteiger partial charge in [0, 0.05) is 12.0 Å². The lowest BCUT2D eigenvalue weighted by atomic mass is 9.77. The molecule has 2 heterocycles. The van der Waals surface area contributed by atoms with Crippen LogP contribution in [-0.4, -0.2) is 26.6 Å². The first-order valence-corrected chi connectivity index (χ1v) is 10.2. The van der Waals surface area contributed by atoms with E-state index in [9.17, 15) is 4.79 Å². The molecular formula is C23H27N3O3. The van der Waals surface area contributed by atoms with E-state index >= 15 is 0 Å². The van der Waals surface area contributed by atoms with Crippen LogP contribution in [0.3, 0.4) is 0 Å². The summed E-state index contributed by atoms with van der Waals surface area (Å²) in [4.78, 5) is 19.2. The normalized spacial score (nSPS) is 22.9. The van der Waals surface area contributed by atoms with E-state index in [1.54, 1.807) is 0 Å². The number of hydrogen-bond donors (Lipinski definition) is 2. The largest absolute Gasteiger partial charge is 0.481 e. The number of carboxylic acid groups (broad SMARTS) is 1. The van der Waals surface area contributed by atoms with Crippen molar-refractivity contribution in [1.29, 1.82) is 0 Å². The Labute approximate surface area is 170 Å². The number of hydrogen-bond acceptors (Lipinski definition) is 5. The molecule has 2 aliphatic rings. The summed E-state index contributed by atoms with van der Waals surface area (Å²) in [6.07, 6.45) is 7.82. The summed E-state index contributed by atoms with van der Waals surface area (Å²) >= 11 is 0. The summed E-state index contributed by atoms with van der Waals surface area (Å²) in [5.74, 6) is 1.07. The minimum Gasteiger partial charge on any atom is -0.481 e. The van der Waals surface area contributed by atoms with Crippen LogP contribution in [0.2, 0.25) is 0 Å². The highest BCUT2D eigenvalue weighted by Crippen LogP contribution is 2.42. The number of fused-ring (bicyclic) bond motifs is 1. The molecule has 1 aliphatic heterocycles. The molecule has 2 aromatic rings. The molecule has 6 nitrogen and oxygen atoms in total. The van der Waals surface area contributed by atoms with Gasteiger partial charge in [-0.3, -0.25) is 4.79 Å². The second-order valence-electron chi connectivity index (χ2n) is 8.59. The smallest absolute Gasteiger partial charge is 0.303 e. The van der Waals surface area contributed by atoms with Gasteiger partial charge in [-0.05, 0) is 68.6 Å². The first kappa shape index (κ1) is 19.4. The molecule has 3 N–H and O–H groups in total. The molecule has 4 rings (SSSR count).